The molecule has 0 aliphatic rings. The molecule has 0 saturated carbocycles. The number of alkyl halides is 7. The third-order valence-corrected chi connectivity index (χ3v) is 2.33. The van der Waals surface area contributed by atoms with Gasteiger partial charge in [-0.3, -0.25) is 4.79 Å². The number of halogens is 7. The summed E-state index contributed by atoms with van der Waals surface area (Å²) < 4.78 is 76.4. The highest BCUT2D eigenvalue weighted by atomic mass is 79.9. The van der Waals surface area contributed by atoms with Crippen LogP contribution in [0.1, 0.15) is 11.3 Å². The molecule has 10 heteroatoms. The minimum absolute atomic E-state index is 0.372. The van der Waals surface area contributed by atoms with Crippen molar-refractivity contribution < 1.29 is 31.1 Å². The van der Waals surface area contributed by atoms with Crippen LogP contribution in [0.3, 0.4) is 0 Å². The zero-order valence-corrected chi connectivity index (χ0v) is 9.83. The summed E-state index contributed by atoms with van der Waals surface area (Å²) in [5.41, 5.74) is -4.17. The number of ether oxygens (including phenoxy) is 1. The Bertz CT molecular complexity index is 492. The van der Waals surface area contributed by atoms with Gasteiger partial charge in [-0.15, -0.1) is 13.2 Å². The molecule has 1 aromatic heterocycles. The van der Waals surface area contributed by atoms with E-state index in [2.05, 4.69) is 20.7 Å². The van der Waals surface area contributed by atoms with E-state index in [-0.39, 0.29) is 5.33 Å². The lowest BCUT2D eigenvalue weighted by atomic mass is 10.2. The first-order valence-electron chi connectivity index (χ1n) is 4.19. The van der Waals surface area contributed by atoms with Crippen molar-refractivity contribution in [2.45, 2.75) is 17.9 Å². The van der Waals surface area contributed by atoms with Gasteiger partial charge in [0, 0.05) is 17.2 Å². The molecule has 3 nitrogen and oxygen atoms in total. The second kappa shape index (κ2) is 4.82. The van der Waals surface area contributed by atoms with Crippen molar-refractivity contribution in [3.8, 4) is 5.75 Å². The normalized spacial score (nSPS) is 12.6. The van der Waals surface area contributed by atoms with E-state index in [1.165, 1.54) is 0 Å². The molecular weight excluding hydrogens is 336 g/mol. The third-order valence-electron chi connectivity index (χ3n) is 1.77. The Hall–Kier alpha value is -1.19. The average molecular weight is 340 g/mol. The van der Waals surface area contributed by atoms with E-state index in [0.29, 0.717) is 6.20 Å². The van der Waals surface area contributed by atoms with Gasteiger partial charge in [0.2, 0.25) is 5.43 Å². The van der Waals surface area contributed by atoms with Crippen LogP contribution in [0.2, 0.25) is 0 Å². The highest BCUT2D eigenvalue weighted by Crippen LogP contribution is 2.31. The molecule has 0 spiro atoms. The van der Waals surface area contributed by atoms with Crippen molar-refractivity contribution in [1.29, 1.82) is 0 Å². The summed E-state index contributed by atoms with van der Waals surface area (Å²) in [7, 11) is 0. The minimum Gasteiger partial charge on any atom is -0.400 e. The Kier molecular flexibility index (Phi) is 3.99. The number of hydrogen-bond donors (Lipinski definition) is 1. The van der Waals surface area contributed by atoms with Crippen LogP contribution in [0.25, 0.3) is 0 Å². The van der Waals surface area contributed by atoms with Gasteiger partial charge in [-0.2, -0.15) is 13.2 Å². The van der Waals surface area contributed by atoms with Gasteiger partial charge in [0.25, 0.3) is 0 Å². The molecule has 0 atom stereocenters. The number of rotatable bonds is 2. The van der Waals surface area contributed by atoms with E-state index >= 15 is 0 Å². The van der Waals surface area contributed by atoms with Crippen LogP contribution in [0.15, 0.2) is 11.0 Å². The van der Waals surface area contributed by atoms with Crippen molar-refractivity contribution in [2.24, 2.45) is 0 Å². The second-order valence-electron chi connectivity index (χ2n) is 3.01. The first-order chi connectivity index (χ1) is 8.06. The van der Waals surface area contributed by atoms with E-state index in [4.69, 9.17) is 0 Å². The SMILES string of the molecule is O=c1c(OC(F)(F)F)c[nH]c(CBr)c1C(F)(F)F. The first kappa shape index (κ1) is 14.9. The van der Waals surface area contributed by atoms with Crippen LogP contribution in [-0.4, -0.2) is 11.3 Å². The van der Waals surface area contributed by atoms with Gasteiger partial charge in [0.05, 0.1) is 0 Å². The molecule has 0 amide bonds. The molecule has 102 valence electrons. The van der Waals surface area contributed by atoms with E-state index < -0.39 is 35.0 Å². The molecule has 0 aromatic carbocycles. The molecule has 1 aromatic rings. The Morgan fingerprint density at radius 3 is 2.17 bits per heavy atom. The van der Waals surface area contributed by atoms with Gasteiger partial charge in [-0.1, -0.05) is 15.9 Å². The lowest BCUT2D eigenvalue weighted by Crippen LogP contribution is -2.28. The zero-order valence-electron chi connectivity index (χ0n) is 8.25. The summed E-state index contributed by atoms with van der Waals surface area (Å²) >= 11 is 2.69. The van der Waals surface area contributed by atoms with Gasteiger partial charge in [0.15, 0.2) is 5.75 Å². The predicted octanol–water partition coefficient (Wildman–Crippen LogP) is 3.19. The molecule has 18 heavy (non-hydrogen) atoms. The number of aromatic amines is 1. The summed E-state index contributed by atoms with van der Waals surface area (Å²) in [5.74, 6) is -1.46. The Balaban J connectivity index is 3.40. The maximum absolute atomic E-state index is 12.5. The highest BCUT2D eigenvalue weighted by molar-refractivity contribution is 9.08. The van der Waals surface area contributed by atoms with Crippen LogP contribution < -0.4 is 10.2 Å². The van der Waals surface area contributed by atoms with Gasteiger partial charge < -0.3 is 9.72 Å². The van der Waals surface area contributed by atoms with Crippen LogP contribution in [-0.2, 0) is 11.5 Å². The molecule has 1 N–H and O–H groups in total. The maximum atomic E-state index is 12.5. The molecule has 0 saturated heterocycles. The second-order valence-corrected chi connectivity index (χ2v) is 3.58. The maximum Gasteiger partial charge on any atom is 0.573 e. The molecule has 1 rings (SSSR count). The van der Waals surface area contributed by atoms with Crippen molar-refractivity contribution in [3.05, 3.63) is 27.7 Å². The molecule has 0 aliphatic carbocycles. The van der Waals surface area contributed by atoms with Crippen molar-refractivity contribution in [3.63, 3.8) is 0 Å². The molecule has 0 radical (unpaired) electrons. The van der Waals surface area contributed by atoms with Gasteiger partial charge in [0.1, 0.15) is 5.56 Å². The van der Waals surface area contributed by atoms with Gasteiger partial charge in [-0.25, -0.2) is 0 Å². The fourth-order valence-electron chi connectivity index (χ4n) is 1.16. The highest BCUT2D eigenvalue weighted by Gasteiger charge is 2.40. The summed E-state index contributed by atoms with van der Waals surface area (Å²) in [6.45, 7) is 0. The van der Waals surface area contributed by atoms with Crippen LogP contribution in [0.5, 0.6) is 5.75 Å². The van der Waals surface area contributed by atoms with Crippen molar-refractivity contribution >= 4 is 15.9 Å². The molecule has 0 fully saturated rings. The van der Waals surface area contributed by atoms with E-state index in [9.17, 15) is 31.1 Å². The Morgan fingerprint density at radius 2 is 1.78 bits per heavy atom. The fourth-order valence-corrected chi connectivity index (χ4v) is 1.60. The Morgan fingerprint density at radius 1 is 1.22 bits per heavy atom. The fraction of sp³-hybridized carbons (Fsp3) is 0.375. The largest absolute Gasteiger partial charge is 0.573 e. The number of nitrogens with one attached hydrogen (secondary N) is 1. The minimum atomic E-state index is -5.24. The molecule has 0 unspecified atom stereocenters. The smallest absolute Gasteiger partial charge is 0.400 e. The summed E-state index contributed by atoms with van der Waals surface area (Å²) in [6, 6.07) is 0. The van der Waals surface area contributed by atoms with Crippen LogP contribution in [0.4, 0.5) is 26.3 Å². The standard InChI is InChI=1S/C8H4BrF6NO2/c9-1-3-5(7(10,11)12)6(17)4(2-16-3)18-8(13,14)15/h2H,1H2,(H,16,17). The third kappa shape index (κ3) is 3.40. The lowest BCUT2D eigenvalue weighted by molar-refractivity contribution is -0.275. The summed E-state index contributed by atoms with van der Waals surface area (Å²) in [6.07, 6.45) is -9.89. The van der Waals surface area contributed by atoms with Gasteiger partial charge in [-0.05, 0) is 0 Å². The van der Waals surface area contributed by atoms with Crippen LogP contribution >= 0.6 is 15.9 Å². The van der Waals surface area contributed by atoms with E-state index in [0.717, 1.165) is 0 Å². The summed E-state index contributed by atoms with van der Waals surface area (Å²) in [4.78, 5) is 13.2. The number of pyridine rings is 1. The monoisotopic (exact) mass is 339 g/mol. The quantitative estimate of drug-likeness (QED) is 0.664. The number of hydrogen-bond acceptors (Lipinski definition) is 2. The van der Waals surface area contributed by atoms with E-state index in [1.54, 1.807) is 0 Å². The number of H-pyrrole nitrogens is 1. The molecule has 0 bridgehead atoms. The topological polar surface area (TPSA) is 42.1 Å². The van der Waals surface area contributed by atoms with Crippen LogP contribution in [0, 0.1) is 0 Å². The number of aromatic nitrogens is 1. The Labute approximate surface area is 104 Å². The van der Waals surface area contributed by atoms with Crippen molar-refractivity contribution in [1.82, 2.24) is 4.98 Å². The molecular formula is C8H4BrF6NO2. The molecule has 1 heterocycles. The van der Waals surface area contributed by atoms with E-state index in [1.807, 2.05) is 4.98 Å². The van der Waals surface area contributed by atoms with Gasteiger partial charge >= 0.3 is 12.5 Å². The first-order valence-corrected chi connectivity index (χ1v) is 5.32. The lowest BCUT2D eigenvalue weighted by Gasteiger charge is -2.13. The average Bonchev–Trinajstić information content (AvgIpc) is 2.16. The summed E-state index contributed by atoms with van der Waals surface area (Å²) in [5, 5.41) is -0.372. The zero-order chi connectivity index (χ0) is 14.1. The van der Waals surface area contributed by atoms with Crippen molar-refractivity contribution in [2.75, 3.05) is 0 Å². The molecule has 0 aliphatic heterocycles. The predicted molar refractivity (Wildman–Crippen MR) is 51.4 cm³/mol.